The average molecular weight is 219 g/mol. The topological polar surface area (TPSA) is 29.5 Å². The molecule has 1 saturated heterocycles. The highest BCUT2D eigenvalue weighted by Crippen LogP contribution is 2.23. The van der Waals surface area contributed by atoms with Crippen LogP contribution in [-0.4, -0.2) is 33.1 Å². The molecular weight excluding hydrogens is 202 g/mol. The van der Waals surface area contributed by atoms with Gasteiger partial charge in [-0.2, -0.15) is 0 Å². The molecule has 1 aliphatic heterocycles. The van der Waals surface area contributed by atoms with Crippen molar-refractivity contribution in [2.75, 3.05) is 31.7 Å². The van der Waals surface area contributed by atoms with Gasteiger partial charge in [-0.3, -0.25) is 4.79 Å². The maximum absolute atomic E-state index is 10.5. The lowest BCUT2D eigenvalue weighted by Crippen LogP contribution is -2.20. The fourth-order valence-corrected chi connectivity index (χ4v) is 2.20. The molecule has 0 spiro atoms. The van der Waals surface area contributed by atoms with Crippen LogP contribution in [0, 0.1) is 5.92 Å². The number of anilines is 1. The molecule has 3 nitrogen and oxygen atoms in total. The first-order valence-electron chi connectivity index (χ1n) is 5.62. The Balaban J connectivity index is 2.00. The Labute approximate surface area is 96.0 Å². The summed E-state index contributed by atoms with van der Waals surface area (Å²) in [7, 11) is 1.75. The largest absolute Gasteiger partial charge is 0.384 e. The first-order chi connectivity index (χ1) is 7.83. The number of hydrogen-bond donors (Lipinski definition) is 0. The predicted molar refractivity (Wildman–Crippen MR) is 64.0 cm³/mol. The van der Waals surface area contributed by atoms with Gasteiger partial charge < -0.3 is 9.64 Å². The summed E-state index contributed by atoms with van der Waals surface area (Å²) in [4.78, 5) is 12.9. The van der Waals surface area contributed by atoms with Crippen molar-refractivity contribution in [1.29, 1.82) is 0 Å². The molecule has 1 heterocycles. The quantitative estimate of drug-likeness (QED) is 0.725. The molecule has 0 saturated carbocycles. The van der Waals surface area contributed by atoms with Crippen molar-refractivity contribution in [2.45, 2.75) is 6.42 Å². The molecule has 1 unspecified atom stereocenters. The first-order valence-corrected chi connectivity index (χ1v) is 5.62. The summed E-state index contributed by atoms with van der Waals surface area (Å²) in [5.74, 6) is 0.635. The van der Waals surface area contributed by atoms with Crippen LogP contribution in [0.3, 0.4) is 0 Å². The minimum atomic E-state index is 0.635. The normalized spacial score (nSPS) is 20.1. The molecule has 1 aliphatic rings. The summed E-state index contributed by atoms with van der Waals surface area (Å²) in [5, 5.41) is 0. The molecule has 2 rings (SSSR count). The zero-order valence-corrected chi connectivity index (χ0v) is 9.56. The molecule has 0 aliphatic carbocycles. The molecule has 0 N–H and O–H groups in total. The van der Waals surface area contributed by atoms with Gasteiger partial charge in [0.2, 0.25) is 0 Å². The Kier molecular flexibility index (Phi) is 3.57. The van der Waals surface area contributed by atoms with E-state index in [0.717, 1.165) is 31.5 Å². The van der Waals surface area contributed by atoms with Crippen LogP contribution in [0.1, 0.15) is 16.8 Å². The van der Waals surface area contributed by atoms with Crippen LogP contribution in [0.25, 0.3) is 0 Å². The van der Waals surface area contributed by atoms with Crippen LogP contribution in [0.4, 0.5) is 5.69 Å². The van der Waals surface area contributed by atoms with Crippen molar-refractivity contribution >= 4 is 12.0 Å². The van der Waals surface area contributed by atoms with Crippen LogP contribution in [0.15, 0.2) is 24.3 Å². The third-order valence-corrected chi connectivity index (χ3v) is 3.08. The zero-order valence-electron chi connectivity index (χ0n) is 9.56. The van der Waals surface area contributed by atoms with E-state index in [9.17, 15) is 4.79 Å². The van der Waals surface area contributed by atoms with Crippen molar-refractivity contribution < 1.29 is 9.53 Å². The van der Waals surface area contributed by atoms with Gasteiger partial charge in [-0.05, 0) is 30.7 Å². The Morgan fingerprint density at radius 2 is 2.19 bits per heavy atom. The summed E-state index contributed by atoms with van der Waals surface area (Å²) in [6.07, 6.45) is 2.06. The van der Waals surface area contributed by atoms with Gasteiger partial charge >= 0.3 is 0 Å². The van der Waals surface area contributed by atoms with Gasteiger partial charge in [-0.15, -0.1) is 0 Å². The van der Waals surface area contributed by atoms with Gasteiger partial charge in [0.25, 0.3) is 0 Å². The van der Waals surface area contributed by atoms with Crippen molar-refractivity contribution in [3.05, 3.63) is 29.8 Å². The number of carbonyl (C=O) groups is 1. The Bertz CT molecular complexity index is 347. The fraction of sp³-hybridized carbons (Fsp3) is 0.462. The molecule has 0 aromatic heterocycles. The summed E-state index contributed by atoms with van der Waals surface area (Å²) in [6.45, 7) is 2.96. The molecule has 1 aromatic rings. The van der Waals surface area contributed by atoms with E-state index in [2.05, 4.69) is 4.90 Å². The van der Waals surface area contributed by atoms with Crippen molar-refractivity contribution in [2.24, 2.45) is 5.92 Å². The second-order valence-corrected chi connectivity index (χ2v) is 4.27. The minimum Gasteiger partial charge on any atom is -0.384 e. The van der Waals surface area contributed by atoms with E-state index < -0.39 is 0 Å². The van der Waals surface area contributed by atoms with Crippen LogP contribution < -0.4 is 4.90 Å². The van der Waals surface area contributed by atoms with Gasteiger partial charge in [0.1, 0.15) is 6.29 Å². The molecule has 86 valence electrons. The van der Waals surface area contributed by atoms with E-state index in [1.165, 1.54) is 12.1 Å². The van der Waals surface area contributed by atoms with Crippen molar-refractivity contribution in [3.63, 3.8) is 0 Å². The highest BCUT2D eigenvalue weighted by atomic mass is 16.5. The van der Waals surface area contributed by atoms with Crippen LogP contribution in [0.2, 0.25) is 0 Å². The summed E-state index contributed by atoms with van der Waals surface area (Å²) in [5.41, 5.74) is 1.93. The van der Waals surface area contributed by atoms with Crippen LogP contribution in [0.5, 0.6) is 0 Å². The molecule has 0 bridgehead atoms. The minimum absolute atomic E-state index is 0.635. The molecular formula is C13H17NO2. The van der Waals surface area contributed by atoms with E-state index in [1.807, 2.05) is 24.3 Å². The number of ether oxygens (including phenoxy) is 1. The smallest absolute Gasteiger partial charge is 0.150 e. The Hall–Kier alpha value is -1.35. The lowest BCUT2D eigenvalue weighted by Gasteiger charge is -2.18. The molecule has 16 heavy (non-hydrogen) atoms. The standard InChI is InChI=1S/C13H17NO2/c1-16-10-12-6-7-14(8-12)13-4-2-11(9-15)3-5-13/h2-5,9,12H,6-8,10H2,1H3. The Morgan fingerprint density at radius 1 is 1.44 bits per heavy atom. The number of benzene rings is 1. The predicted octanol–water partition coefficient (Wildman–Crippen LogP) is 1.97. The second kappa shape index (κ2) is 5.12. The first kappa shape index (κ1) is 11.1. The highest BCUT2D eigenvalue weighted by molar-refractivity contribution is 5.75. The number of nitrogens with zero attached hydrogens (tertiary/aromatic N) is 1. The van der Waals surface area contributed by atoms with E-state index in [1.54, 1.807) is 7.11 Å². The molecule has 1 aromatic carbocycles. The van der Waals surface area contributed by atoms with Gasteiger partial charge in [0, 0.05) is 37.4 Å². The number of carbonyl (C=O) groups excluding carboxylic acids is 1. The number of hydrogen-bond acceptors (Lipinski definition) is 3. The Morgan fingerprint density at radius 3 is 2.81 bits per heavy atom. The number of rotatable bonds is 4. The maximum atomic E-state index is 10.5. The van der Waals surface area contributed by atoms with Crippen molar-refractivity contribution in [3.8, 4) is 0 Å². The van der Waals surface area contributed by atoms with Crippen molar-refractivity contribution in [1.82, 2.24) is 0 Å². The highest BCUT2D eigenvalue weighted by Gasteiger charge is 2.22. The third kappa shape index (κ3) is 2.42. The average Bonchev–Trinajstić information content (AvgIpc) is 2.78. The molecule has 1 atom stereocenters. The molecule has 0 radical (unpaired) electrons. The lowest BCUT2D eigenvalue weighted by molar-refractivity contribution is 0.112. The monoisotopic (exact) mass is 219 g/mol. The molecule has 1 fully saturated rings. The summed E-state index contributed by atoms with van der Waals surface area (Å²) < 4.78 is 5.17. The van der Waals surface area contributed by atoms with Gasteiger partial charge in [-0.25, -0.2) is 0 Å². The number of methoxy groups -OCH3 is 1. The van der Waals surface area contributed by atoms with Gasteiger partial charge in [0.05, 0.1) is 6.61 Å². The fourth-order valence-electron chi connectivity index (χ4n) is 2.20. The molecule has 3 heteroatoms. The summed E-state index contributed by atoms with van der Waals surface area (Å²) >= 11 is 0. The number of aldehydes is 1. The zero-order chi connectivity index (χ0) is 11.4. The van der Waals surface area contributed by atoms with Crippen LogP contribution in [-0.2, 0) is 4.74 Å². The van der Waals surface area contributed by atoms with Gasteiger partial charge in [0.15, 0.2) is 0 Å². The third-order valence-electron chi connectivity index (χ3n) is 3.08. The van der Waals surface area contributed by atoms with E-state index in [-0.39, 0.29) is 0 Å². The van der Waals surface area contributed by atoms with Crippen LogP contribution >= 0.6 is 0 Å². The van der Waals surface area contributed by atoms with E-state index in [4.69, 9.17) is 4.74 Å². The maximum Gasteiger partial charge on any atom is 0.150 e. The second-order valence-electron chi connectivity index (χ2n) is 4.27. The SMILES string of the molecule is COCC1CCN(c2ccc(C=O)cc2)C1. The molecule has 0 amide bonds. The lowest BCUT2D eigenvalue weighted by atomic mass is 10.1. The van der Waals surface area contributed by atoms with E-state index in [0.29, 0.717) is 5.92 Å². The summed E-state index contributed by atoms with van der Waals surface area (Å²) in [6, 6.07) is 7.76. The van der Waals surface area contributed by atoms with E-state index >= 15 is 0 Å². The van der Waals surface area contributed by atoms with Gasteiger partial charge in [-0.1, -0.05) is 0 Å².